The van der Waals surface area contributed by atoms with E-state index >= 15 is 0 Å². The number of imide groups is 1. The summed E-state index contributed by atoms with van der Waals surface area (Å²) in [5.74, 6) is -1.25. The predicted octanol–water partition coefficient (Wildman–Crippen LogP) is 4.39. The fraction of sp³-hybridized carbons (Fsp3) is 0.130. The highest BCUT2D eigenvalue weighted by molar-refractivity contribution is 6.30. The second-order valence-electron chi connectivity index (χ2n) is 7.06. The number of para-hydroxylation sites is 2. The minimum atomic E-state index is -0.872. The van der Waals surface area contributed by atoms with Crippen molar-refractivity contribution in [3.05, 3.63) is 95.5 Å². The molecule has 3 aromatic carbocycles. The van der Waals surface area contributed by atoms with Crippen molar-refractivity contribution in [3.8, 4) is 0 Å². The summed E-state index contributed by atoms with van der Waals surface area (Å²) in [5, 5.41) is 2.28. The zero-order valence-corrected chi connectivity index (χ0v) is 16.1. The molecule has 2 fully saturated rings. The highest BCUT2D eigenvalue weighted by atomic mass is 35.5. The monoisotopic (exact) mass is 404 g/mol. The standard InChI is InChI=1S/C23H17ClN2O3/c24-16-13-11-15(12-14-16)20-19-21(29-26(20)18-9-5-2-6-10-18)23(28)25(22(19)27)17-7-3-1-4-8-17/h1-14,19-21H/t19-,20+,21-/m1/s1. The lowest BCUT2D eigenvalue weighted by atomic mass is 9.90. The van der Waals surface area contributed by atoms with Crippen LogP contribution in [0.1, 0.15) is 11.6 Å². The Balaban J connectivity index is 1.59. The topological polar surface area (TPSA) is 49.9 Å². The maximum Gasteiger partial charge on any atom is 0.266 e. The number of hydrogen-bond acceptors (Lipinski definition) is 4. The van der Waals surface area contributed by atoms with Crippen LogP contribution in [-0.4, -0.2) is 17.9 Å². The molecule has 5 rings (SSSR count). The first-order valence-electron chi connectivity index (χ1n) is 9.34. The molecule has 144 valence electrons. The predicted molar refractivity (Wildman–Crippen MR) is 110 cm³/mol. The maximum absolute atomic E-state index is 13.4. The lowest BCUT2D eigenvalue weighted by molar-refractivity contribution is -0.126. The van der Waals surface area contributed by atoms with Gasteiger partial charge in [-0.1, -0.05) is 60.1 Å². The van der Waals surface area contributed by atoms with Gasteiger partial charge in [-0.3, -0.25) is 14.4 Å². The van der Waals surface area contributed by atoms with E-state index in [-0.39, 0.29) is 11.8 Å². The first kappa shape index (κ1) is 17.9. The maximum atomic E-state index is 13.4. The number of carbonyl (C=O) groups excluding carboxylic acids is 2. The minimum Gasteiger partial charge on any atom is -0.273 e. The number of rotatable bonds is 3. The van der Waals surface area contributed by atoms with Gasteiger partial charge >= 0.3 is 0 Å². The Morgan fingerprint density at radius 3 is 1.93 bits per heavy atom. The van der Waals surface area contributed by atoms with Crippen LogP contribution in [0.15, 0.2) is 84.9 Å². The molecule has 0 aromatic heterocycles. The summed E-state index contributed by atoms with van der Waals surface area (Å²) in [5.41, 5.74) is 2.21. The summed E-state index contributed by atoms with van der Waals surface area (Å²) in [6.45, 7) is 0. The zero-order chi connectivity index (χ0) is 20.0. The van der Waals surface area contributed by atoms with E-state index in [2.05, 4.69) is 0 Å². The third kappa shape index (κ3) is 2.90. The van der Waals surface area contributed by atoms with Crippen LogP contribution in [0.5, 0.6) is 0 Å². The van der Waals surface area contributed by atoms with Crippen LogP contribution < -0.4 is 9.96 Å². The smallest absolute Gasteiger partial charge is 0.266 e. The number of benzene rings is 3. The van der Waals surface area contributed by atoms with Crippen molar-refractivity contribution in [1.82, 2.24) is 0 Å². The van der Waals surface area contributed by atoms with Gasteiger partial charge in [0.05, 0.1) is 17.4 Å². The number of hydroxylamine groups is 1. The van der Waals surface area contributed by atoms with Gasteiger partial charge in [0, 0.05) is 5.02 Å². The largest absolute Gasteiger partial charge is 0.273 e. The third-order valence-corrected chi connectivity index (χ3v) is 5.60. The highest BCUT2D eigenvalue weighted by Gasteiger charge is 2.60. The Morgan fingerprint density at radius 2 is 1.31 bits per heavy atom. The average Bonchev–Trinajstić information content (AvgIpc) is 3.26. The normalized spacial score (nSPS) is 23.6. The van der Waals surface area contributed by atoms with Crippen molar-refractivity contribution in [2.24, 2.45) is 5.92 Å². The van der Waals surface area contributed by atoms with E-state index in [9.17, 15) is 9.59 Å². The van der Waals surface area contributed by atoms with Gasteiger partial charge < -0.3 is 0 Å². The van der Waals surface area contributed by atoms with Crippen LogP contribution in [0.3, 0.4) is 0 Å². The number of amides is 2. The number of halogens is 1. The van der Waals surface area contributed by atoms with Gasteiger partial charge in [-0.05, 0) is 42.0 Å². The van der Waals surface area contributed by atoms with E-state index in [4.69, 9.17) is 16.4 Å². The summed E-state index contributed by atoms with van der Waals surface area (Å²) < 4.78 is 0. The molecule has 0 saturated carbocycles. The molecule has 0 unspecified atom stereocenters. The molecule has 2 aliphatic rings. The van der Waals surface area contributed by atoms with Crippen molar-refractivity contribution in [1.29, 1.82) is 0 Å². The second kappa shape index (κ2) is 7.03. The Bertz CT molecular complexity index is 1060. The summed E-state index contributed by atoms with van der Waals surface area (Å²) in [6, 6.07) is 25.3. The Hall–Kier alpha value is -3.15. The van der Waals surface area contributed by atoms with Gasteiger partial charge in [-0.2, -0.15) is 0 Å². The van der Waals surface area contributed by atoms with Crippen LogP contribution in [0.2, 0.25) is 5.02 Å². The van der Waals surface area contributed by atoms with E-state index in [1.165, 1.54) is 4.90 Å². The lowest BCUT2D eigenvalue weighted by Gasteiger charge is -2.28. The molecular weight excluding hydrogens is 388 g/mol. The van der Waals surface area contributed by atoms with Crippen molar-refractivity contribution in [3.63, 3.8) is 0 Å². The number of hydrogen-bond donors (Lipinski definition) is 0. The first-order chi connectivity index (χ1) is 14.1. The van der Waals surface area contributed by atoms with Crippen LogP contribution in [0, 0.1) is 5.92 Å². The fourth-order valence-electron chi connectivity index (χ4n) is 4.04. The third-order valence-electron chi connectivity index (χ3n) is 5.35. The molecule has 0 radical (unpaired) electrons. The molecule has 0 bridgehead atoms. The van der Waals surface area contributed by atoms with Crippen molar-refractivity contribution in [2.75, 3.05) is 9.96 Å². The van der Waals surface area contributed by atoms with Gasteiger partial charge in [-0.25, -0.2) is 9.96 Å². The summed E-state index contributed by atoms with van der Waals surface area (Å²) >= 11 is 6.06. The quantitative estimate of drug-likeness (QED) is 0.607. The van der Waals surface area contributed by atoms with Crippen LogP contribution >= 0.6 is 11.6 Å². The van der Waals surface area contributed by atoms with Crippen molar-refractivity contribution in [2.45, 2.75) is 12.1 Å². The molecular formula is C23H17ClN2O3. The van der Waals surface area contributed by atoms with E-state index in [1.54, 1.807) is 41.5 Å². The summed E-state index contributed by atoms with van der Waals surface area (Å²) in [6.07, 6.45) is -0.872. The molecule has 3 atom stereocenters. The van der Waals surface area contributed by atoms with Gasteiger partial charge in [0.1, 0.15) is 5.92 Å². The number of nitrogens with zero attached hydrogens (tertiary/aromatic N) is 2. The summed E-state index contributed by atoms with van der Waals surface area (Å²) in [7, 11) is 0. The van der Waals surface area contributed by atoms with E-state index in [0.29, 0.717) is 10.7 Å². The Kier molecular flexibility index (Phi) is 4.34. The zero-order valence-electron chi connectivity index (χ0n) is 15.3. The molecule has 29 heavy (non-hydrogen) atoms. The SMILES string of the molecule is O=C1[C@H]2[C@@H](ON(c3ccccc3)[C@H]2c2ccc(Cl)cc2)C(=O)N1c1ccccc1. The van der Waals surface area contributed by atoms with E-state index < -0.39 is 18.1 Å². The van der Waals surface area contributed by atoms with Crippen molar-refractivity contribution < 1.29 is 14.4 Å². The molecule has 2 amide bonds. The van der Waals surface area contributed by atoms with Gasteiger partial charge in [-0.15, -0.1) is 0 Å². The van der Waals surface area contributed by atoms with E-state index in [0.717, 1.165) is 11.3 Å². The van der Waals surface area contributed by atoms with Crippen molar-refractivity contribution >= 4 is 34.8 Å². The molecule has 0 spiro atoms. The summed E-state index contributed by atoms with van der Waals surface area (Å²) in [4.78, 5) is 33.9. The van der Waals surface area contributed by atoms with Crippen LogP contribution in [-0.2, 0) is 14.4 Å². The highest BCUT2D eigenvalue weighted by Crippen LogP contribution is 2.47. The number of carbonyl (C=O) groups is 2. The Labute approximate surface area is 173 Å². The van der Waals surface area contributed by atoms with Gasteiger partial charge in [0.25, 0.3) is 5.91 Å². The lowest BCUT2D eigenvalue weighted by Crippen LogP contribution is -2.37. The molecule has 6 heteroatoms. The first-order valence-corrected chi connectivity index (χ1v) is 9.72. The van der Waals surface area contributed by atoms with Gasteiger partial charge in [0.2, 0.25) is 5.91 Å². The molecule has 2 saturated heterocycles. The average molecular weight is 405 g/mol. The molecule has 5 nitrogen and oxygen atoms in total. The molecule has 2 aliphatic heterocycles. The Morgan fingerprint density at radius 1 is 0.724 bits per heavy atom. The molecule has 0 N–H and O–H groups in total. The molecule has 3 aromatic rings. The minimum absolute atomic E-state index is 0.260. The number of anilines is 2. The van der Waals surface area contributed by atoms with Crippen LogP contribution in [0.4, 0.5) is 11.4 Å². The van der Waals surface area contributed by atoms with Crippen LogP contribution in [0.25, 0.3) is 0 Å². The van der Waals surface area contributed by atoms with E-state index in [1.807, 2.05) is 48.5 Å². The number of fused-ring (bicyclic) bond motifs is 1. The fourth-order valence-corrected chi connectivity index (χ4v) is 4.17. The second-order valence-corrected chi connectivity index (χ2v) is 7.49. The molecule has 2 heterocycles. The van der Waals surface area contributed by atoms with Gasteiger partial charge in [0.15, 0.2) is 6.10 Å². The molecule has 0 aliphatic carbocycles.